The summed E-state index contributed by atoms with van der Waals surface area (Å²) in [6.07, 6.45) is 3.88. The molecule has 74 valence electrons. The van der Waals surface area contributed by atoms with E-state index >= 15 is 0 Å². The lowest BCUT2D eigenvalue weighted by atomic mass is 10.2. The van der Waals surface area contributed by atoms with Crippen molar-refractivity contribution in [2.24, 2.45) is 0 Å². The van der Waals surface area contributed by atoms with E-state index in [-0.39, 0.29) is 5.78 Å². The van der Waals surface area contributed by atoms with Gasteiger partial charge in [-0.15, -0.1) is 6.58 Å². The summed E-state index contributed by atoms with van der Waals surface area (Å²) in [6.45, 7) is 11.1. The van der Waals surface area contributed by atoms with Gasteiger partial charge in [0.05, 0.1) is 0 Å². The quantitative estimate of drug-likeness (QED) is 0.353. The topological polar surface area (TPSA) is 29.1 Å². The van der Waals surface area contributed by atoms with Crippen molar-refractivity contribution in [3.63, 3.8) is 0 Å². The molecule has 0 aromatic carbocycles. The Hall–Kier alpha value is -0.890. The molecule has 0 amide bonds. The van der Waals surface area contributed by atoms with E-state index in [1.54, 1.807) is 0 Å². The Bertz CT molecular complexity index is 185. The van der Waals surface area contributed by atoms with Gasteiger partial charge in [-0.3, -0.25) is 4.79 Å². The fourth-order valence-electron chi connectivity index (χ4n) is 0.916. The molecule has 0 bridgehead atoms. The Balaban J connectivity index is 3.12. The zero-order valence-electron chi connectivity index (χ0n) is 8.44. The average molecular weight is 181 g/mol. The molecule has 0 aliphatic carbocycles. The third-order valence-electron chi connectivity index (χ3n) is 1.73. The van der Waals surface area contributed by atoms with E-state index in [2.05, 4.69) is 18.5 Å². The first-order valence-electron chi connectivity index (χ1n) is 4.67. The molecule has 0 spiro atoms. The molecule has 2 heteroatoms. The molecular formula is C11H19NO. The first-order valence-corrected chi connectivity index (χ1v) is 4.67. The maximum Gasteiger partial charge on any atom is 0.155 e. The van der Waals surface area contributed by atoms with Crippen LogP contribution in [0.15, 0.2) is 24.8 Å². The SMILES string of the molecule is C=CC(=O)CCCNCCC(=C)C. The highest BCUT2D eigenvalue weighted by molar-refractivity contribution is 5.88. The van der Waals surface area contributed by atoms with Crippen molar-refractivity contribution >= 4 is 5.78 Å². The molecule has 1 N–H and O–H groups in total. The Morgan fingerprint density at radius 2 is 2.08 bits per heavy atom. The molecular weight excluding hydrogens is 162 g/mol. The van der Waals surface area contributed by atoms with E-state index in [0.29, 0.717) is 6.42 Å². The summed E-state index contributed by atoms with van der Waals surface area (Å²) < 4.78 is 0. The molecule has 2 nitrogen and oxygen atoms in total. The molecule has 0 saturated carbocycles. The first-order chi connectivity index (χ1) is 6.16. The molecule has 0 aliphatic rings. The molecule has 13 heavy (non-hydrogen) atoms. The van der Waals surface area contributed by atoms with E-state index in [9.17, 15) is 4.79 Å². The number of carbonyl (C=O) groups is 1. The smallest absolute Gasteiger partial charge is 0.155 e. The molecule has 0 rings (SSSR count). The predicted molar refractivity (Wildman–Crippen MR) is 56.7 cm³/mol. The Kier molecular flexibility index (Phi) is 7.21. The lowest BCUT2D eigenvalue weighted by molar-refractivity contribution is -0.114. The highest BCUT2D eigenvalue weighted by Crippen LogP contribution is 1.93. The van der Waals surface area contributed by atoms with E-state index in [4.69, 9.17) is 0 Å². The third-order valence-corrected chi connectivity index (χ3v) is 1.73. The maximum absolute atomic E-state index is 10.8. The Morgan fingerprint density at radius 1 is 1.38 bits per heavy atom. The first kappa shape index (κ1) is 12.1. The van der Waals surface area contributed by atoms with Crippen molar-refractivity contribution in [1.82, 2.24) is 5.32 Å². The van der Waals surface area contributed by atoms with Crippen molar-refractivity contribution in [2.75, 3.05) is 13.1 Å². The Morgan fingerprint density at radius 3 is 2.62 bits per heavy atom. The molecule has 0 unspecified atom stereocenters. The normalized spacial score (nSPS) is 9.62. The van der Waals surface area contributed by atoms with E-state index in [1.807, 2.05) is 6.92 Å². The predicted octanol–water partition coefficient (Wildman–Crippen LogP) is 2.08. The maximum atomic E-state index is 10.8. The summed E-state index contributed by atoms with van der Waals surface area (Å²) in [5.41, 5.74) is 1.19. The van der Waals surface area contributed by atoms with Crippen LogP contribution in [0.2, 0.25) is 0 Å². The van der Waals surface area contributed by atoms with E-state index in [1.165, 1.54) is 11.6 Å². The van der Waals surface area contributed by atoms with Crippen LogP contribution in [0.25, 0.3) is 0 Å². The molecule has 0 heterocycles. The fraction of sp³-hybridized carbons (Fsp3) is 0.545. The monoisotopic (exact) mass is 181 g/mol. The summed E-state index contributed by atoms with van der Waals surface area (Å²) in [5.74, 6) is 0.127. The standard InChI is InChI=1S/C11H19NO/c1-4-11(13)6-5-8-12-9-7-10(2)3/h4,12H,1-2,5-9H2,3H3. The highest BCUT2D eigenvalue weighted by atomic mass is 16.1. The third kappa shape index (κ3) is 9.02. The average Bonchev–Trinajstić information content (AvgIpc) is 2.10. The lowest BCUT2D eigenvalue weighted by Crippen LogP contribution is -2.17. The van der Waals surface area contributed by atoms with Crippen LogP contribution in [-0.4, -0.2) is 18.9 Å². The van der Waals surface area contributed by atoms with E-state index in [0.717, 1.165) is 25.9 Å². The second kappa shape index (κ2) is 7.74. The fourth-order valence-corrected chi connectivity index (χ4v) is 0.916. The lowest BCUT2D eigenvalue weighted by Gasteiger charge is -2.02. The van der Waals surface area contributed by atoms with E-state index < -0.39 is 0 Å². The van der Waals surface area contributed by atoms with Crippen LogP contribution < -0.4 is 5.32 Å². The summed E-state index contributed by atoms with van der Waals surface area (Å²) in [5, 5.41) is 3.25. The Labute approximate surface area is 80.7 Å². The van der Waals surface area contributed by atoms with Crippen molar-refractivity contribution in [3.05, 3.63) is 24.8 Å². The summed E-state index contributed by atoms with van der Waals surface area (Å²) in [7, 11) is 0. The van der Waals surface area contributed by atoms with Gasteiger partial charge in [0.2, 0.25) is 0 Å². The molecule has 0 aromatic heterocycles. The molecule has 0 saturated heterocycles. The molecule has 0 fully saturated rings. The second-order valence-corrected chi connectivity index (χ2v) is 3.23. The minimum Gasteiger partial charge on any atom is -0.316 e. The van der Waals surface area contributed by atoms with Crippen LogP contribution in [-0.2, 0) is 4.79 Å². The molecule has 0 aromatic rings. The van der Waals surface area contributed by atoms with Crippen LogP contribution in [0.1, 0.15) is 26.2 Å². The number of allylic oxidation sites excluding steroid dienone is 1. The van der Waals surface area contributed by atoms with Gasteiger partial charge in [-0.05, 0) is 38.9 Å². The van der Waals surface area contributed by atoms with Gasteiger partial charge in [0.1, 0.15) is 0 Å². The number of ketones is 1. The minimum atomic E-state index is 0.127. The van der Waals surface area contributed by atoms with Gasteiger partial charge in [0, 0.05) is 6.42 Å². The molecule has 0 radical (unpaired) electrons. The van der Waals surface area contributed by atoms with Crippen molar-refractivity contribution in [3.8, 4) is 0 Å². The largest absolute Gasteiger partial charge is 0.316 e. The van der Waals surface area contributed by atoms with Crippen molar-refractivity contribution in [2.45, 2.75) is 26.2 Å². The highest BCUT2D eigenvalue weighted by Gasteiger charge is 1.94. The zero-order valence-corrected chi connectivity index (χ0v) is 8.44. The van der Waals surface area contributed by atoms with Crippen molar-refractivity contribution < 1.29 is 4.79 Å². The van der Waals surface area contributed by atoms with Gasteiger partial charge in [0.25, 0.3) is 0 Å². The van der Waals surface area contributed by atoms with Gasteiger partial charge in [0.15, 0.2) is 5.78 Å². The van der Waals surface area contributed by atoms with Gasteiger partial charge < -0.3 is 5.32 Å². The number of hydrogen-bond donors (Lipinski definition) is 1. The second-order valence-electron chi connectivity index (χ2n) is 3.23. The van der Waals surface area contributed by atoms with Crippen LogP contribution in [0.5, 0.6) is 0 Å². The van der Waals surface area contributed by atoms with Crippen LogP contribution in [0, 0.1) is 0 Å². The summed E-state index contributed by atoms with van der Waals surface area (Å²) in [6, 6.07) is 0. The van der Waals surface area contributed by atoms with Gasteiger partial charge in [-0.1, -0.05) is 12.2 Å². The number of hydrogen-bond acceptors (Lipinski definition) is 2. The van der Waals surface area contributed by atoms with Crippen LogP contribution in [0.3, 0.4) is 0 Å². The summed E-state index contributed by atoms with van der Waals surface area (Å²) in [4.78, 5) is 10.8. The van der Waals surface area contributed by atoms with Gasteiger partial charge >= 0.3 is 0 Å². The van der Waals surface area contributed by atoms with Crippen LogP contribution in [0.4, 0.5) is 0 Å². The molecule has 0 atom stereocenters. The van der Waals surface area contributed by atoms with Gasteiger partial charge in [-0.25, -0.2) is 0 Å². The molecule has 0 aliphatic heterocycles. The minimum absolute atomic E-state index is 0.127. The number of rotatable bonds is 8. The summed E-state index contributed by atoms with van der Waals surface area (Å²) >= 11 is 0. The number of carbonyl (C=O) groups excluding carboxylic acids is 1. The number of nitrogens with one attached hydrogen (secondary N) is 1. The zero-order chi connectivity index (χ0) is 10.1. The van der Waals surface area contributed by atoms with Crippen molar-refractivity contribution in [1.29, 1.82) is 0 Å². The van der Waals surface area contributed by atoms with Crippen LogP contribution >= 0.6 is 0 Å². The van der Waals surface area contributed by atoms with Gasteiger partial charge in [-0.2, -0.15) is 0 Å².